The van der Waals surface area contributed by atoms with Gasteiger partial charge in [0.2, 0.25) is 0 Å². The number of para-hydroxylation sites is 2. The minimum Gasteiger partial charge on any atom is -0.457 e. The normalized spacial score (nSPS) is 13.4. The number of thiophene rings is 1. The summed E-state index contributed by atoms with van der Waals surface area (Å²) in [5.41, 5.74) is 11.2. The first-order valence-corrected chi connectivity index (χ1v) is 17.9. The Hall–Kier alpha value is -6.43. The number of ether oxygens (including phenoxy) is 1. The zero-order chi connectivity index (χ0) is 33.5. The monoisotopic (exact) mass is 669 g/mol. The Balaban J connectivity index is 1.17. The van der Waals surface area contributed by atoms with Crippen molar-refractivity contribution >= 4 is 31.5 Å². The zero-order valence-corrected chi connectivity index (χ0v) is 28.1. The van der Waals surface area contributed by atoms with E-state index >= 15 is 0 Å². The van der Waals surface area contributed by atoms with E-state index < -0.39 is 5.41 Å². The van der Waals surface area contributed by atoms with E-state index in [2.05, 4.69) is 146 Å². The highest BCUT2D eigenvalue weighted by Crippen LogP contribution is 2.62. The lowest BCUT2D eigenvalue weighted by molar-refractivity contribution is 0.436. The molecule has 0 radical (unpaired) electrons. The molecule has 1 aliphatic heterocycles. The van der Waals surface area contributed by atoms with Crippen molar-refractivity contribution in [3.8, 4) is 56.5 Å². The summed E-state index contributed by atoms with van der Waals surface area (Å²) in [7, 11) is 0. The summed E-state index contributed by atoms with van der Waals surface area (Å²) in [6.45, 7) is 0. The fraction of sp³-hybridized carbons (Fsp3) is 0.0217. The van der Waals surface area contributed by atoms with Crippen LogP contribution in [0, 0.1) is 0 Å². The molecule has 0 saturated carbocycles. The van der Waals surface area contributed by atoms with Crippen LogP contribution in [0.5, 0.6) is 11.5 Å². The fourth-order valence-electron chi connectivity index (χ4n) is 8.36. The molecule has 4 nitrogen and oxygen atoms in total. The molecule has 0 fully saturated rings. The van der Waals surface area contributed by atoms with Gasteiger partial charge in [-0.05, 0) is 52.6 Å². The lowest BCUT2D eigenvalue weighted by Crippen LogP contribution is -2.32. The van der Waals surface area contributed by atoms with Gasteiger partial charge in [0.25, 0.3) is 0 Å². The van der Waals surface area contributed by atoms with Crippen LogP contribution in [-0.2, 0) is 5.41 Å². The molecule has 0 atom stereocenters. The first kappa shape index (κ1) is 28.4. The van der Waals surface area contributed by atoms with Gasteiger partial charge >= 0.3 is 0 Å². The van der Waals surface area contributed by atoms with Crippen LogP contribution in [0.2, 0.25) is 0 Å². The van der Waals surface area contributed by atoms with Crippen molar-refractivity contribution in [1.29, 1.82) is 0 Å². The lowest BCUT2D eigenvalue weighted by Gasteiger charge is -2.39. The molecule has 0 unspecified atom stereocenters. The molecule has 5 heteroatoms. The van der Waals surface area contributed by atoms with Gasteiger partial charge in [-0.25, -0.2) is 4.98 Å². The highest BCUT2D eigenvalue weighted by Gasteiger charge is 2.51. The summed E-state index contributed by atoms with van der Waals surface area (Å²) in [6.07, 6.45) is 0. The number of hydrogen-bond acceptors (Lipinski definition) is 5. The molecule has 1 spiro atoms. The van der Waals surface area contributed by atoms with E-state index in [1.807, 2.05) is 18.2 Å². The quantitative estimate of drug-likeness (QED) is 0.188. The number of aromatic nitrogens is 3. The number of rotatable bonds is 3. The van der Waals surface area contributed by atoms with E-state index in [1.165, 1.54) is 42.4 Å². The van der Waals surface area contributed by atoms with Crippen LogP contribution in [0.4, 0.5) is 0 Å². The maximum atomic E-state index is 6.53. The van der Waals surface area contributed by atoms with Gasteiger partial charge in [0.15, 0.2) is 5.82 Å². The minimum absolute atomic E-state index is 0.524. The third-order valence-electron chi connectivity index (χ3n) is 10.5. The van der Waals surface area contributed by atoms with Gasteiger partial charge in [0.1, 0.15) is 22.9 Å². The Morgan fingerprint density at radius 1 is 0.451 bits per heavy atom. The molecule has 7 aromatic carbocycles. The van der Waals surface area contributed by atoms with Gasteiger partial charge < -0.3 is 4.74 Å². The summed E-state index contributed by atoms with van der Waals surface area (Å²) in [5.74, 6) is 2.38. The van der Waals surface area contributed by atoms with Crippen LogP contribution in [-0.4, -0.2) is 15.2 Å². The van der Waals surface area contributed by atoms with Crippen molar-refractivity contribution in [1.82, 2.24) is 15.2 Å². The predicted molar refractivity (Wildman–Crippen MR) is 206 cm³/mol. The van der Waals surface area contributed by atoms with E-state index in [0.29, 0.717) is 5.82 Å². The predicted octanol–water partition coefficient (Wildman–Crippen LogP) is 11.7. The van der Waals surface area contributed by atoms with Gasteiger partial charge in [-0.3, -0.25) is 0 Å². The minimum atomic E-state index is -0.524. The molecule has 2 aromatic heterocycles. The average Bonchev–Trinajstić information content (AvgIpc) is 3.72. The third kappa shape index (κ3) is 3.98. The standard InChI is InChI=1S/C46H27N3OS/c1-2-13-28(14-3-1)43-42(47-45(49-48-43)33-18-12-17-32-31-16-5-11-24-41(31)51-44(32)33)29-25-26-36-34(27-29)30-15-4-6-19-35(30)46(36)37-20-7-9-22-39(37)50-40-23-10-8-21-38(40)46/h1-27H. The Morgan fingerprint density at radius 3 is 1.92 bits per heavy atom. The average molecular weight is 670 g/mol. The van der Waals surface area contributed by atoms with Crippen molar-refractivity contribution in [3.63, 3.8) is 0 Å². The SMILES string of the molecule is c1ccc(-c2nnc(-c3cccc4c3sc3ccccc34)nc2-c2ccc3c(c2)-c2ccccc2C32c3ccccc3Oc3ccccc32)cc1. The summed E-state index contributed by atoms with van der Waals surface area (Å²) in [4.78, 5) is 5.38. The van der Waals surface area contributed by atoms with E-state index in [0.717, 1.165) is 50.7 Å². The number of nitrogens with zero attached hydrogens (tertiary/aromatic N) is 3. The van der Waals surface area contributed by atoms with Gasteiger partial charge in [0, 0.05) is 48.0 Å². The fourth-order valence-corrected chi connectivity index (χ4v) is 9.57. The molecule has 51 heavy (non-hydrogen) atoms. The van der Waals surface area contributed by atoms with Crippen LogP contribution in [0.25, 0.3) is 65.2 Å². The molecule has 0 N–H and O–H groups in total. The molecule has 11 rings (SSSR count). The molecule has 0 amide bonds. The van der Waals surface area contributed by atoms with Crippen LogP contribution < -0.4 is 4.74 Å². The molecule has 0 saturated heterocycles. The van der Waals surface area contributed by atoms with Crippen LogP contribution >= 0.6 is 11.3 Å². The molecule has 2 aliphatic rings. The third-order valence-corrected chi connectivity index (χ3v) is 11.7. The molecule has 3 heterocycles. The number of fused-ring (bicyclic) bond motifs is 12. The molecule has 0 bridgehead atoms. The molecular formula is C46H27N3OS. The number of benzene rings is 7. The second kappa shape index (κ2) is 10.8. The second-order valence-electron chi connectivity index (χ2n) is 13.1. The highest BCUT2D eigenvalue weighted by molar-refractivity contribution is 7.26. The number of hydrogen-bond donors (Lipinski definition) is 0. The van der Waals surface area contributed by atoms with E-state index in [1.54, 1.807) is 11.3 Å². The smallest absolute Gasteiger partial charge is 0.183 e. The van der Waals surface area contributed by atoms with Crippen LogP contribution in [0.15, 0.2) is 164 Å². The maximum Gasteiger partial charge on any atom is 0.183 e. The van der Waals surface area contributed by atoms with Gasteiger partial charge in [0.05, 0.1) is 5.41 Å². The first-order valence-electron chi connectivity index (χ1n) is 17.1. The van der Waals surface area contributed by atoms with E-state index in [9.17, 15) is 0 Å². The van der Waals surface area contributed by atoms with Gasteiger partial charge in [-0.1, -0.05) is 133 Å². The zero-order valence-electron chi connectivity index (χ0n) is 27.2. The topological polar surface area (TPSA) is 47.9 Å². The largest absolute Gasteiger partial charge is 0.457 e. The summed E-state index contributed by atoms with van der Waals surface area (Å²) in [6, 6.07) is 57.8. The van der Waals surface area contributed by atoms with Crippen molar-refractivity contribution < 1.29 is 4.74 Å². The summed E-state index contributed by atoms with van der Waals surface area (Å²) in [5, 5.41) is 12.2. The van der Waals surface area contributed by atoms with Crippen molar-refractivity contribution in [3.05, 3.63) is 186 Å². The maximum absolute atomic E-state index is 6.53. The molecule has 1 aliphatic carbocycles. The Labute approximate surface area is 298 Å². The Bertz CT molecular complexity index is 2810. The van der Waals surface area contributed by atoms with Gasteiger partial charge in [-0.2, -0.15) is 0 Å². The Kier molecular flexibility index (Phi) is 6.01. The second-order valence-corrected chi connectivity index (χ2v) is 14.2. The first-order chi connectivity index (χ1) is 25.3. The van der Waals surface area contributed by atoms with Crippen LogP contribution in [0.1, 0.15) is 22.3 Å². The van der Waals surface area contributed by atoms with Crippen LogP contribution in [0.3, 0.4) is 0 Å². The van der Waals surface area contributed by atoms with E-state index in [-0.39, 0.29) is 0 Å². The van der Waals surface area contributed by atoms with Crippen molar-refractivity contribution in [2.75, 3.05) is 0 Å². The summed E-state index contributed by atoms with van der Waals surface area (Å²) < 4.78 is 8.95. The highest BCUT2D eigenvalue weighted by atomic mass is 32.1. The molecule has 238 valence electrons. The lowest BCUT2D eigenvalue weighted by atomic mass is 9.66. The van der Waals surface area contributed by atoms with E-state index in [4.69, 9.17) is 19.9 Å². The summed E-state index contributed by atoms with van der Waals surface area (Å²) >= 11 is 1.78. The molecule has 9 aromatic rings. The molecular weight excluding hydrogens is 643 g/mol. The Morgan fingerprint density at radius 2 is 1.10 bits per heavy atom. The van der Waals surface area contributed by atoms with Gasteiger partial charge in [-0.15, -0.1) is 21.5 Å². The van der Waals surface area contributed by atoms with Crippen molar-refractivity contribution in [2.45, 2.75) is 5.41 Å². The van der Waals surface area contributed by atoms with Crippen molar-refractivity contribution in [2.24, 2.45) is 0 Å².